The van der Waals surface area contributed by atoms with E-state index in [1.54, 1.807) is 0 Å². The molecule has 2 unspecified atom stereocenters. The number of rotatable bonds is 2. The quantitative estimate of drug-likeness (QED) is 0.591. The molecule has 2 nitrogen and oxygen atoms in total. The van der Waals surface area contributed by atoms with E-state index >= 15 is 0 Å². The number of hydrogen-bond donors (Lipinski definition) is 1. The van der Waals surface area contributed by atoms with Crippen molar-refractivity contribution in [2.24, 2.45) is 5.92 Å². The van der Waals surface area contributed by atoms with Gasteiger partial charge in [-0.1, -0.05) is 0 Å². The van der Waals surface area contributed by atoms with Crippen LogP contribution in [0.25, 0.3) is 0 Å². The molecule has 0 spiro atoms. The average molecular weight is 158 g/mol. The maximum atomic E-state index is 8.97. The first-order valence-corrected chi connectivity index (χ1v) is 4.53. The maximum absolute atomic E-state index is 8.97. The van der Waals surface area contributed by atoms with Crippen LogP contribution in [-0.2, 0) is 0 Å². The van der Waals surface area contributed by atoms with E-state index < -0.39 is 0 Å². The van der Waals surface area contributed by atoms with Gasteiger partial charge in [-0.15, -0.1) is 0 Å². The van der Waals surface area contributed by atoms with Gasteiger partial charge in [0.2, 0.25) is 0 Å². The van der Waals surface area contributed by atoms with Gasteiger partial charge in [0.25, 0.3) is 0 Å². The van der Waals surface area contributed by atoms with Gasteiger partial charge in [-0.3, -0.25) is 0 Å². The van der Waals surface area contributed by atoms with Gasteiger partial charge in [0.05, 0.1) is 32.8 Å². The highest BCUT2D eigenvalue weighted by atomic mass is 16.3. The van der Waals surface area contributed by atoms with Gasteiger partial charge in [-0.25, -0.2) is 0 Å². The second-order valence-electron chi connectivity index (χ2n) is 4.32. The maximum Gasteiger partial charge on any atom is 0.0839 e. The summed E-state index contributed by atoms with van der Waals surface area (Å²) in [7, 11) is 2.29. The normalized spacial score (nSPS) is 38.5. The average Bonchev–Trinajstić information content (AvgIpc) is 2.33. The summed E-state index contributed by atoms with van der Waals surface area (Å²) in [6.07, 6.45) is 1.20. The first-order valence-electron chi connectivity index (χ1n) is 4.53. The Bertz CT molecular complexity index is 136. The van der Waals surface area contributed by atoms with Crippen LogP contribution in [0.5, 0.6) is 0 Å². The predicted octanol–water partition coefficient (Wildman–Crippen LogP) is 0.854. The Kier molecular flexibility index (Phi) is 2.55. The Hall–Kier alpha value is -0.0800. The van der Waals surface area contributed by atoms with Crippen molar-refractivity contribution in [3.63, 3.8) is 0 Å². The topological polar surface area (TPSA) is 20.2 Å². The Morgan fingerprint density at radius 3 is 2.45 bits per heavy atom. The van der Waals surface area contributed by atoms with Crippen LogP contribution in [0, 0.1) is 5.92 Å². The van der Waals surface area contributed by atoms with Crippen molar-refractivity contribution < 1.29 is 9.59 Å². The molecule has 2 heteroatoms. The third-order valence-corrected chi connectivity index (χ3v) is 3.23. The number of aliphatic hydroxyl groups is 1. The second-order valence-corrected chi connectivity index (χ2v) is 4.32. The molecule has 1 aliphatic rings. The lowest BCUT2D eigenvalue weighted by Crippen LogP contribution is -2.47. The van der Waals surface area contributed by atoms with E-state index in [0.717, 1.165) is 11.0 Å². The van der Waals surface area contributed by atoms with Crippen LogP contribution in [0.3, 0.4) is 0 Å². The van der Waals surface area contributed by atoms with E-state index in [1.165, 1.54) is 13.0 Å². The molecule has 2 atom stereocenters. The summed E-state index contributed by atoms with van der Waals surface area (Å²) in [5.74, 6) is 0.558. The van der Waals surface area contributed by atoms with Crippen molar-refractivity contribution in [3.8, 4) is 0 Å². The van der Waals surface area contributed by atoms with Crippen LogP contribution in [0.1, 0.15) is 20.3 Å². The zero-order valence-corrected chi connectivity index (χ0v) is 7.88. The molecule has 1 rings (SSSR count). The van der Waals surface area contributed by atoms with Crippen molar-refractivity contribution in [2.45, 2.75) is 26.3 Å². The highest BCUT2D eigenvalue weighted by Crippen LogP contribution is 2.24. The zero-order valence-electron chi connectivity index (χ0n) is 7.88. The van der Waals surface area contributed by atoms with Crippen molar-refractivity contribution in [1.29, 1.82) is 0 Å². The van der Waals surface area contributed by atoms with E-state index in [2.05, 4.69) is 20.9 Å². The highest BCUT2D eigenvalue weighted by molar-refractivity contribution is 4.65. The van der Waals surface area contributed by atoms with Crippen LogP contribution < -0.4 is 0 Å². The summed E-state index contributed by atoms with van der Waals surface area (Å²) in [5, 5.41) is 8.97. The Morgan fingerprint density at radius 1 is 1.55 bits per heavy atom. The van der Waals surface area contributed by atoms with Crippen molar-refractivity contribution in [2.75, 3.05) is 26.7 Å². The lowest BCUT2D eigenvalue weighted by molar-refractivity contribution is -0.919. The fourth-order valence-corrected chi connectivity index (χ4v) is 1.87. The van der Waals surface area contributed by atoms with Crippen LogP contribution >= 0.6 is 0 Å². The molecular weight excluding hydrogens is 138 g/mol. The molecule has 1 heterocycles. The third-order valence-electron chi connectivity index (χ3n) is 3.23. The lowest BCUT2D eigenvalue weighted by atomic mass is 10.1. The van der Waals surface area contributed by atoms with Gasteiger partial charge in [-0.2, -0.15) is 0 Å². The summed E-state index contributed by atoms with van der Waals surface area (Å²) >= 11 is 0. The van der Waals surface area contributed by atoms with Crippen LogP contribution in [0.4, 0.5) is 0 Å². The van der Waals surface area contributed by atoms with Gasteiger partial charge >= 0.3 is 0 Å². The molecule has 0 aromatic heterocycles. The number of nitrogens with zero attached hydrogens (tertiary/aromatic N) is 1. The van der Waals surface area contributed by atoms with Gasteiger partial charge < -0.3 is 9.59 Å². The fourth-order valence-electron chi connectivity index (χ4n) is 1.87. The third kappa shape index (κ3) is 1.74. The van der Waals surface area contributed by atoms with Gasteiger partial charge in [0, 0.05) is 12.3 Å². The number of likely N-dealkylation sites (tertiary alicyclic amines) is 1. The number of aliphatic hydroxyl groups excluding tert-OH is 1. The minimum Gasteiger partial charge on any atom is -0.396 e. The lowest BCUT2D eigenvalue weighted by Gasteiger charge is -2.34. The zero-order chi connectivity index (χ0) is 8.48. The Morgan fingerprint density at radius 2 is 2.18 bits per heavy atom. The van der Waals surface area contributed by atoms with Crippen LogP contribution in [0.2, 0.25) is 0 Å². The smallest absolute Gasteiger partial charge is 0.0839 e. The molecule has 1 aliphatic heterocycles. The Labute approximate surface area is 69.4 Å². The first kappa shape index (κ1) is 9.01. The standard InChI is InChI=1S/C9H20NO/c1-8(2)10(3)5-4-9(6-10)7-11/h8-9,11H,4-7H2,1-3H3/q+1. The van der Waals surface area contributed by atoms with Crippen LogP contribution in [0.15, 0.2) is 0 Å². The molecule has 1 fully saturated rings. The highest BCUT2D eigenvalue weighted by Gasteiger charge is 2.36. The molecule has 0 amide bonds. The van der Waals surface area contributed by atoms with Crippen molar-refractivity contribution >= 4 is 0 Å². The second kappa shape index (κ2) is 3.11. The molecule has 11 heavy (non-hydrogen) atoms. The largest absolute Gasteiger partial charge is 0.396 e. The SMILES string of the molecule is CC(C)[N+]1(C)CCC(CO)C1. The molecule has 0 aromatic carbocycles. The minimum absolute atomic E-state index is 0.376. The van der Waals surface area contributed by atoms with Gasteiger partial charge in [0.1, 0.15) is 0 Å². The van der Waals surface area contributed by atoms with E-state index in [-0.39, 0.29) is 0 Å². The summed E-state index contributed by atoms with van der Waals surface area (Å²) in [5.41, 5.74) is 0. The first-order chi connectivity index (χ1) is 5.08. The van der Waals surface area contributed by atoms with Crippen molar-refractivity contribution in [1.82, 2.24) is 0 Å². The molecule has 1 saturated heterocycles. The molecule has 0 saturated carbocycles. The fraction of sp³-hybridized carbons (Fsp3) is 1.00. The predicted molar refractivity (Wildman–Crippen MR) is 46.2 cm³/mol. The van der Waals surface area contributed by atoms with Gasteiger partial charge in [0.15, 0.2) is 0 Å². The van der Waals surface area contributed by atoms with Crippen molar-refractivity contribution in [3.05, 3.63) is 0 Å². The number of hydrogen-bond acceptors (Lipinski definition) is 1. The monoisotopic (exact) mass is 158 g/mol. The summed E-state index contributed by atoms with van der Waals surface area (Å²) in [4.78, 5) is 0. The summed E-state index contributed by atoms with van der Waals surface area (Å²) in [6, 6.07) is 0.701. The van der Waals surface area contributed by atoms with E-state index in [4.69, 9.17) is 5.11 Å². The molecular formula is C9H20NO+. The van der Waals surface area contributed by atoms with Gasteiger partial charge in [-0.05, 0) is 13.8 Å². The molecule has 0 aliphatic carbocycles. The molecule has 0 bridgehead atoms. The molecule has 1 N–H and O–H groups in total. The Balaban J connectivity index is 2.50. The summed E-state index contributed by atoms with van der Waals surface area (Å²) < 4.78 is 1.14. The summed E-state index contributed by atoms with van der Waals surface area (Å²) in [6.45, 7) is 7.30. The van der Waals surface area contributed by atoms with E-state index in [0.29, 0.717) is 18.6 Å². The minimum atomic E-state index is 0.376. The van der Waals surface area contributed by atoms with Crippen LogP contribution in [-0.4, -0.2) is 42.4 Å². The molecule has 0 radical (unpaired) electrons. The van der Waals surface area contributed by atoms with E-state index in [9.17, 15) is 0 Å². The molecule has 0 aromatic rings. The van der Waals surface area contributed by atoms with E-state index in [1.807, 2.05) is 0 Å². The number of quaternary nitrogens is 1. The molecule has 66 valence electrons.